The van der Waals surface area contributed by atoms with Crippen molar-refractivity contribution in [1.29, 1.82) is 0 Å². The number of carbonyl (C=O) groups is 2. The SMILES string of the molecule is CCN(CC)c1ncc(Cl)c(C(=O)NCC(=O)Nc2ccc(Br)cc2)n1. The van der Waals surface area contributed by atoms with E-state index >= 15 is 0 Å². The molecular formula is C17H19BrClN5O2. The fourth-order valence-electron chi connectivity index (χ4n) is 2.16. The molecule has 2 N–H and O–H groups in total. The quantitative estimate of drug-likeness (QED) is 0.691. The molecule has 7 nitrogen and oxygen atoms in total. The zero-order chi connectivity index (χ0) is 19.1. The van der Waals surface area contributed by atoms with Crippen LogP contribution in [0.1, 0.15) is 24.3 Å². The molecule has 26 heavy (non-hydrogen) atoms. The van der Waals surface area contributed by atoms with E-state index in [-0.39, 0.29) is 23.2 Å². The van der Waals surface area contributed by atoms with Gasteiger partial charge in [0.05, 0.1) is 17.8 Å². The number of nitrogens with one attached hydrogen (secondary N) is 2. The lowest BCUT2D eigenvalue weighted by atomic mass is 10.3. The molecule has 0 saturated heterocycles. The highest BCUT2D eigenvalue weighted by Crippen LogP contribution is 2.16. The topological polar surface area (TPSA) is 87.2 Å². The minimum atomic E-state index is -0.531. The Kier molecular flexibility index (Phi) is 7.35. The minimum absolute atomic E-state index is 0.0417. The maximum atomic E-state index is 12.3. The van der Waals surface area contributed by atoms with Crippen molar-refractivity contribution in [3.8, 4) is 0 Å². The molecule has 0 fully saturated rings. The highest BCUT2D eigenvalue weighted by Gasteiger charge is 2.17. The van der Waals surface area contributed by atoms with Gasteiger partial charge in [0.25, 0.3) is 5.91 Å². The van der Waals surface area contributed by atoms with Crippen LogP contribution in [0, 0.1) is 0 Å². The van der Waals surface area contributed by atoms with E-state index in [1.165, 1.54) is 6.20 Å². The molecule has 0 spiro atoms. The van der Waals surface area contributed by atoms with E-state index in [9.17, 15) is 9.59 Å². The Morgan fingerprint density at radius 1 is 1.19 bits per heavy atom. The van der Waals surface area contributed by atoms with Crippen LogP contribution in [0.15, 0.2) is 34.9 Å². The van der Waals surface area contributed by atoms with Gasteiger partial charge in [-0.2, -0.15) is 0 Å². The first-order valence-corrected chi connectivity index (χ1v) is 9.22. The van der Waals surface area contributed by atoms with Crippen molar-refractivity contribution in [3.63, 3.8) is 0 Å². The lowest BCUT2D eigenvalue weighted by molar-refractivity contribution is -0.115. The highest BCUT2D eigenvalue weighted by atomic mass is 79.9. The van der Waals surface area contributed by atoms with Gasteiger partial charge in [-0.3, -0.25) is 9.59 Å². The first kappa shape index (κ1) is 20.1. The molecule has 1 heterocycles. The third kappa shape index (κ3) is 5.40. The van der Waals surface area contributed by atoms with Gasteiger partial charge >= 0.3 is 0 Å². The minimum Gasteiger partial charge on any atom is -0.342 e. The molecule has 9 heteroatoms. The van der Waals surface area contributed by atoms with Crippen molar-refractivity contribution in [1.82, 2.24) is 15.3 Å². The third-order valence-electron chi connectivity index (χ3n) is 3.53. The summed E-state index contributed by atoms with van der Waals surface area (Å²) >= 11 is 9.36. The van der Waals surface area contributed by atoms with Crippen LogP contribution in [0.2, 0.25) is 5.02 Å². The number of hydrogen-bond acceptors (Lipinski definition) is 5. The Bertz CT molecular complexity index is 781. The van der Waals surface area contributed by atoms with E-state index in [1.54, 1.807) is 12.1 Å². The van der Waals surface area contributed by atoms with Gasteiger partial charge in [-0.15, -0.1) is 0 Å². The van der Waals surface area contributed by atoms with Gasteiger partial charge in [-0.1, -0.05) is 27.5 Å². The van der Waals surface area contributed by atoms with Gasteiger partial charge in [0.1, 0.15) is 0 Å². The summed E-state index contributed by atoms with van der Waals surface area (Å²) in [6.45, 7) is 5.14. The van der Waals surface area contributed by atoms with Crippen molar-refractivity contribution < 1.29 is 9.59 Å². The number of anilines is 2. The largest absolute Gasteiger partial charge is 0.342 e. The zero-order valence-electron chi connectivity index (χ0n) is 14.4. The van der Waals surface area contributed by atoms with Crippen molar-refractivity contribution >= 4 is 51.0 Å². The third-order valence-corrected chi connectivity index (χ3v) is 4.34. The number of aromatic nitrogens is 2. The molecule has 2 rings (SSSR count). The van der Waals surface area contributed by atoms with Gasteiger partial charge < -0.3 is 15.5 Å². The Labute approximate surface area is 165 Å². The van der Waals surface area contributed by atoms with Crippen LogP contribution < -0.4 is 15.5 Å². The molecule has 138 valence electrons. The molecule has 2 aromatic rings. The first-order chi connectivity index (χ1) is 12.4. The molecule has 0 aliphatic carbocycles. The monoisotopic (exact) mass is 439 g/mol. The van der Waals surface area contributed by atoms with E-state index in [4.69, 9.17) is 11.6 Å². The molecule has 0 unspecified atom stereocenters. The van der Waals surface area contributed by atoms with Gasteiger partial charge in [0.2, 0.25) is 11.9 Å². The molecule has 1 aromatic carbocycles. The Morgan fingerprint density at radius 2 is 1.85 bits per heavy atom. The lowest BCUT2D eigenvalue weighted by Gasteiger charge is -2.19. The summed E-state index contributed by atoms with van der Waals surface area (Å²) in [7, 11) is 0. The lowest BCUT2D eigenvalue weighted by Crippen LogP contribution is -2.34. The first-order valence-electron chi connectivity index (χ1n) is 8.05. The Hall–Kier alpha value is -2.19. The van der Waals surface area contributed by atoms with Crippen molar-refractivity contribution in [3.05, 3.63) is 45.7 Å². The second-order valence-electron chi connectivity index (χ2n) is 5.28. The van der Waals surface area contributed by atoms with E-state index < -0.39 is 5.91 Å². The molecular weight excluding hydrogens is 422 g/mol. The van der Waals surface area contributed by atoms with Gasteiger partial charge in [-0.05, 0) is 38.1 Å². The summed E-state index contributed by atoms with van der Waals surface area (Å²) in [5.41, 5.74) is 0.677. The van der Waals surface area contributed by atoms with Crippen LogP contribution in [0.4, 0.5) is 11.6 Å². The second kappa shape index (κ2) is 9.49. The average molecular weight is 441 g/mol. The van der Waals surface area contributed by atoms with Gasteiger partial charge in [0.15, 0.2) is 5.69 Å². The van der Waals surface area contributed by atoms with Crippen LogP contribution >= 0.6 is 27.5 Å². The summed E-state index contributed by atoms with van der Waals surface area (Å²) in [4.78, 5) is 34.6. The number of nitrogens with zero attached hydrogens (tertiary/aromatic N) is 3. The molecule has 0 bridgehead atoms. The molecule has 0 aliphatic heterocycles. The standard InChI is InChI=1S/C17H19BrClN5O2/c1-3-24(4-2)17-21-9-13(19)15(23-17)16(26)20-10-14(25)22-12-7-5-11(18)6-8-12/h5-9H,3-4,10H2,1-2H3,(H,20,26)(H,22,25). The van der Waals surface area contributed by atoms with Crippen molar-refractivity contribution in [2.75, 3.05) is 29.9 Å². The summed E-state index contributed by atoms with van der Waals surface area (Å²) < 4.78 is 0.909. The van der Waals surface area contributed by atoms with Gasteiger partial charge in [-0.25, -0.2) is 9.97 Å². The smallest absolute Gasteiger partial charge is 0.272 e. The fourth-order valence-corrected chi connectivity index (χ4v) is 2.60. The van der Waals surface area contributed by atoms with Crippen LogP contribution in [0.3, 0.4) is 0 Å². The predicted octanol–water partition coefficient (Wildman–Crippen LogP) is 3.11. The number of rotatable bonds is 7. The number of halogens is 2. The van der Waals surface area contributed by atoms with Gasteiger partial charge in [0, 0.05) is 23.2 Å². The normalized spacial score (nSPS) is 10.3. The maximum absolute atomic E-state index is 12.3. The molecule has 1 aromatic heterocycles. The fraction of sp³-hybridized carbons (Fsp3) is 0.294. The second-order valence-corrected chi connectivity index (χ2v) is 6.60. The molecule has 2 amide bonds. The maximum Gasteiger partial charge on any atom is 0.272 e. The van der Waals surface area contributed by atoms with Crippen LogP contribution in [0.25, 0.3) is 0 Å². The average Bonchev–Trinajstić information content (AvgIpc) is 2.64. The van der Waals surface area contributed by atoms with Crippen molar-refractivity contribution in [2.24, 2.45) is 0 Å². The predicted molar refractivity (Wildman–Crippen MR) is 106 cm³/mol. The van der Waals surface area contributed by atoms with E-state index in [0.717, 1.165) is 4.47 Å². The Morgan fingerprint density at radius 3 is 2.46 bits per heavy atom. The number of carbonyl (C=O) groups excluding carboxylic acids is 2. The molecule has 0 aliphatic rings. The summed E-state index contributed by atoms with van der Waals surface area (Å²) in [5, 5.41) is 5.34. The number of amides is 2. The molecule has 0 atom stereocenters. The van der Waals surface area contributed by atoms with Crippen LogP contribution in [-0.2, 0) is 4.79 Å². The van der Waals surface area contributed by atoms with Crippen LogP contribution in [0.5, 0.6) is 0 Å². The summed E-state index contributed by atoms with van der Waals surface area (Å²) in [6, 6.07) is 7.12. The molecule has 0 radical (unpaired) electrons. The Balaban J connectivity index is 1.99. The number of hydrogen-bond donors (Lipinski definition) is 2. The van der Waals surface area contributed by atoms with Crippen LogP contribution in [-0.4, -0.2) is 41.4 Å². The summed E-state index contributed by atoms with van der Waals surface area (Å²) in [6.07, 6.45) is 1.39. The van der Waals surface area contributed by atoms with E-state index in [0.29, 0.717) is 24.7 Å². The molecule has 0 saturated carbocycles. The zero-order valence-corrected chi connectivity index (χ0v) is 16.8. The number of benzene rings is 1. The highest BCUT2D eigenvalue weighted by molar-refractivity contribution is 9.10. The van der Waals surface area contributed by atoms with E-state index in [1.807, 2.05) is 30.9 Å². The summed E-state index contributed by atoms with van der Waals surface area (Å²) in [5.74, 6) is -0.463. The van der Waals surface area contributed by atoms with E-state index in [2.05, 4.69) is 36.5 Å². The van der Waals surface area contributed by atoms with Crippen molar-refractivity contribution in [2.45, 2.75) is 13.8 Å².